The number of β-amino-alcohol motifs (C(OH)–C–C–N with tert-alkyl or cyclic N) is 1. The quantitative estimate of drug-likeness (QED) is 0.322. The second-order valence-electron chi connectivity index (χ2n) is 7.44. The summed E-state index contributed by atoms with van der Waals surface area (Å²) in [4.78, 5) is 26.0. The van der Waals surface area contributed by atoms with E-state index in [1.54, 1.807) is 19.1 Å². The van der Waals surface area contributed by atoms with E-state index in [4.69, 9.17) is 4.42 Å². The van der Waals surface area contributed by atoms with Crippen LogP contribution in [0.4, 0.5) is 11.4 Å². The zero-order chi connectivity index (χ0) is 24.1. The number of amides is 2. The van der Waals surface area contributed by atoms with Gasteiger partial charge in [0.05, 0.1) is 24.5 Å². The standard InChI is InChI=1S/C26H20N4O4/c1-17-22(25(32)30(13-14-31)26(33)23(17)16-27)15-21-11-12-24(34-21)18-7-9-20(10-8-18)29-28-19-5-3-2-4-6-19/h2-12,15,31H,13-14H2,1H3/b22-15+,29-28?. The van der Waals surface area contributed by atoms with Crippen molar-refractivity contribution in [1.29, 1.82) is 5.26 Å². The lowest BCUT2D eigenvalue weighted by atomic mass is 9.95. The first-order valence-electron chi connectivity index (χ1n) is 10.5. The van der Waals surface area contributed by atoms with E-state index in [-0.39, 0.29) is 23.3 Å². The SMILES string of the molecule is CC1=C(C#N)C(=O)N(CCO)C(=O)/C1=C/c1ccc(-c2ccc(N=Nc3ccccc3)cc2)o1. The van der Waals surface area contributed by atoms with E-state index in [1.165, 1.54) is 6.08 Å². The summed E-state index contributed by atoms with van der Waals surface area (Å²) in [5.74, 6) is -0.323. The van der Waals surface area contributed by atoms with Crippen molar-refractivity contribution < 1.29 is 19.1 Å². The maximum atomic E-state index is 12.8. The zero-order valence-corrected chi connectivity index (χ0v) is 18.3. The molecule has 0 saturated heterocycles. The fourth-order valence-corrected chi connectivity index (χ4v) is 3.46. The molecular formula is C26H20N4O4. The van der Waals surface area contributed by atoms with Gasteiger partial charge in [0, 0.05) is 11.1 Å². The van der Waals surface area contributed by atoms with Crippen molar-refractivity contribution >= 4 is 29.3 Å². The second-order valence-corrected chi connectivity index (χ2v) is 7.44. The van der Waals surface area contributed by atoms with Crippen molar-refractivity contribution in [3.63, 3.8) is 0 Å². The smallest absolute Gasteiger partial charge is 0.271 e. The maximum Gasteiger partial charge on any atom is 0.271 e. The Hall–Kier alpha value is -4.61. The van der Waals surface area contributed by atoms with Crippen molar-refractivity contribution in [3.8, 4) is 17.4 Å². The Kier molecular flexibility index (Phi) is 6.57. The molecule has 0 unspecified atom stereocenters. The molecule has 0 saturated carbocycles. The van der Waals surface area contributed by atoms with Crippen molar-refractivity contribution in [3.05, 3.63) is 89.2 Å². The lowest BCUT2D eigenvalue weighted by molar-refractivity contribution is -0.140. The molecule has 4 rings (SSSR count). The Labute approximate surface area is 195 Å². The predicted octanol–water partition coefficient (Wildman–Crippen LogP) is 4.95. The molecule has 1 N–H and O–H groups in total. The van der Waals surface area contributed by atoms with Crippen LogP contribution in [-0.4, -0.2) is 35.0 Å². The van der Waals surface area contributed by atoms with Crippen LogP contribution in [-0.2, 0) is 9.59 Å². The molecule has 8 nitrogen and oxygen atoms in total. The molecule has 0 atom stereocenters. The molecule has 2 heterocycles. The second kappa shape index (κ2) is 9.90. The van der Waals surface area contributed by atoms with Crippen LogP contribution in [0.3, 0.4) is 0 Å². The molecule has 2 amide bonds. The molecule has 0 fully saturated rings. The Morgan fingerprint density at radius 2 is 1.65 bits per heavy atom. The van der Waals surface area contributed by atoms with Crippen LogP contribution in [0.5, 0.6) is 0 Å². The molecule has 0 radical (unpaired) electrons. The molecule has 8 heteroatoms. The van der Waals surface area contributed by atoms with Gasteiger partial charge in [-0.3, -0.25) is 14.5 Å². The van der Waals surface area contributed by atoms with Gasteiger partial charge >= 0.3 is 0 Å². The number of benzene rings is 2. The van der Waals surface area contributed by atoms with Gasteiger partial charge in [0.1, 0.15) is 23.2 Å². The molecule has 2 aromatic carbocycles. The van der Waals surface area contributed by atoms with E-state index < -0.39 is 18.4 Å². The Balaban J connectivity index is 1.58. The summed E-state index contributed by atoms with van der Waals surface area (Å²) in [6, 6.07) is 22.1. The predicted molar refractivity (Wildman–Crippen MR) is 125 cm³/mol. The molecule has 1 aliphatic rings. The Morgan fingerprint density at radius 3 is 2.29 bits per heavy atom. The number of aliphatic hydroxyl groups excluding tert-OH is 1. The number of carbonyl (C=O) groups excluding carboxylic acids is 2. The number of nitrogens with zero attached hydrogens (tertiary/aromatic N) is 4. The normalized spacial score (nSPS) is 15.4. The summed E-state index contributed by atoms with van der Waals surface area (Å²) in [6.07, 6.45) is 1.50. The highest BCUT2D eigenvalue weighted by Gasteiger charge is 2.35. The van der Waals surface area contributed by atoms with E-state index in [2.05, 4.69) is 10.2 Å². The minimum atomic E-state index is -0.708. The number of furan rings is 1. The lowest BCUT2D eigenvalue weighted by Crippen LogP contribution is -2.44. The number of carbonyl (C=O) groups is 2. The van der Waals surface area contributed by atoms with E-state index in [0.717, 1.165) is 16.2 Å². The van der Waals surface area contributed by atoms with Gasteiger partial charge in [-0.2, -0.15) is 15.5 Å². The summed E-state index contributed by atoms with van der Waals surface area (Å²) in [6.45, 7) is 0.961. The third kappa shape index (κ3) is 4.60. The van der Waals surface area contributed by atoms with E-state index in [1.807, 2.05) is 60.7 Å². The molecule has 1 aromatic heterocycles. The number of rotatable bonds is 6. The van der Waals surface area contributed by atoms with E-state index in [0.29, 0.717) is 17.2 Å². The van der Waals surface area contributed by atoms with Crippen LogP contribution >= 0.6 is 0 Å². The van der Waals surface area contributed by atoms with Gasteiger partial charge in [-0.1, -0.05) is 18.2 Å². The first-order chi connectivity index (χ1) is 16.5. The summed E-state index contributed by atoms with van der Waals surface area (Å²) in [7, 11) is 0. The summed E-state index contributed by atoms with van der Waals surface area (Å²) >= 11 is 0. The fraction of sp³-hybridized carbons (Fsp3) is 0.115. The summed E-state index contributed by atoms with van der Waals surface area (Å²) in [5.41, 5.74) is 2.56. The molecule has 0 bridgehead atoms. The van der Waals surface area contributed by atoms with Crippen LogP contribution in [0.15, 0.2) is 98.1 Å². The zero-order valence-electron chi connectivity index (χ0n) is 18.3. The average Bonchev–Trinajstić information content (AvgIpc) is 3.33. The Morgan fingerprint density at radius 1 is 0.971 bits per heavy atom. The number of imide groups is 1. The highest BCUT2D eigenvalue weighted by atomic mass is 16.3. The number of hydrogen-bond acceptors (Lipinski definition) is 7. The molecular weight excluding hydrogens is 432 g/mol. The van der Waals surface area contributed by atoms with Gasteiger partial charge in [0.15, 0.2) is 0 Å². The third-order valence-corrected chi connectivity index (χ3v) is 5.25. The highest BCUT2D eigenvalue weighted by Crippen LogP contribution is 2.30. The van der Waals surface area contributed by atoms with Crippen LogP contribution in [0.25, 0.3) is 17.4 Å². The molecule has 1 aliphatic heterocycles. The van der Waals surface area contributed by atoms with Gasteiger partial charge in [0.25, 0.3) is 11.8 Å². The van der Waals surface area contributed by atoms with Crippen LogP contribution in [0.1, 0.15) is 12.7 Å². The number of azo groups is 1. The van der Waals surface area contributed by atoms with Gasteiger partial charge in [-0.25, -0.2) is 0 Å². The minimum Gasteiger partial charge on any atom is -0.457 e. The molecule has 0 spiro atoms. The highest BCUT2D eigenvalue weighted by molar-refractivity contribution is 6.19. The van der Waals surface area contributed by atoms with Gasteiger partial charge < -0.3 is 9.52 Å². The van der Waals surface area contributed by atoms with Crippen LogP contribution < -0.4 is 0 Å². The van der Waals surface area contributed by atoms with Gasteiger partial charge in [0.2, 0.25) is 0 Å². The van der Waals surface area contributed by atoms with Crippen LogP contribution in [0.2, 0.25) is 0 Å². The lowest BCUT2D eigenvalue weighted by Gasteiger charge is -2.26. The molecule has 0 aliphatic carbocycles. The van der Waals surface area contributed by atoms with Crippen molar-refractivity contribution in [2.45, 2.75) is 6.92 Å². The first kappa shape index (κ1) is 22.6. The first-order valence-corrected chi connectivity index (χ1v) is 10.5. The minimum absolute atomic E-state index is 0.133. The van der Waals surface area contributed by atoms with Crippen LogP contribution in [0, 0.1) is 11.3 Å². The largest absolute Gasteiger partial charge is 0.457 e. The van der Waals surface area contributed by atoms with Gasteiger partial charge in [-0.15, -0.1) is 0 Å². The number of hydrogen-bond donors (Lipinski definition) is 1. The molecule has 3 aromatic rings. The average molecular weight is 452 g/mol. The number of nitriles is 1. The van der Waals surface area contributed by atoms with E-state index >= 15 is 0 Å². The molecule has 34 heavy (non-hydrogen) atoms. The maximum absolute atomic E-state index is 12.8. The fourth-order valence-electron chi connectivity index (χ4n) is 3.46. The topological polar surface area (TPSA) is 119 Å². The van der Waals surface area contributed by atoms with E-state index in [9.17, 15) is 20.0 Å². The van der Waals surface area contributed by atoms with Crippen molar-refractivity contribution in [1.82, 2.24) is 4.90 Å². The summed E-state index contributed by atoms with van der Waals surface area (Å²) in [5, 5.41) is 27.0. The van der Waals surface area contributed by atoms with Crippen molar-refractivity contribution in [2.24, 2.45) is 10.2 Å². The number of aliphatic hydroxyl groups is 1. The molecule has 168 valence electrons. The monoisotopic (exact) mass is 452 g/mol. The summed E-state index contributed by atoms with van der Waals surface area (Å²) < 4.78 is 5.89. The van der Waals surface area contributed by atoms with Gasteiger partial charge in [-0.05, 0) is 67.1 Å². The Bertz CT molecular complexity index is 1360. The van der Waals surface area contributed by atoms with Crippen molar-refractivity contribution in [2.75, 3.05) is 13.2 Å². The third-order valence-electron chi connectivity index (χ3n) is 5.25.